The average molecular weight is 401 g/mol. The Bertz CT molecular complexity index is 947. The molecule has 0 radical (unpaired) electrons. The van der Waals surface area contributed by atoms with Gasteiger partial charge in [-0.05, 0) is 42.3 Å². The SMILES string of the molecule is NS(=O)(=O)c1ccc2c(c1)N(C(=O)COc1ccc(Cl)cc1Cl)CC2. The number of hydrogen-bond donors (Lipinski definition) is 1. The van der Waals surface area contributed by atoms with Gasteiger partial charge < -0.3 is 9.64 Å². The third-order valence-electron chi connectivity index (χ3n) is 3.83. The standard InChI is InChI=1S/C16H14Cl2N2O4S/c17-11-2-4-15(13(18)7-11)24-9-16(21)20-6-5-10-1-3-12(8-14(10)20)25(19,22)23/h1-4,7-8H,5-6,9H2,(H2,19,22,23). The van der Waals surface area contributed by atoms with Gasteiger partial charge in [-0.15, -0.1) is 0 Å². The van der Waals surface area contributed by atoms with Crippen LogP contribution >= 0.6 is 23.2 Å². The molecule has 0 unspecified atom stereocenters. The minimum Gasteiger partial charge on any atom is -0.482 e. The third kappa shape index (κ3) is 3.90. The fourth-order valence-corrected chi connectivity index (χ4v) is 3.60. The fraction of sp³-hybridized carbons (Fsp3) is 0.188. The molecule has 0 saturated carbocycles. The summed E-state index contributed by atoms with van der Waals surface area (Å²) in [5, 5.41) is 5.92. The largest absolute Gasteiger partial charge is 0.482 e. The maximum Gasteiger partial charge on any atom is 0.264 e. The Hall–Kier alpha value is -1.80. The Morgan fingerprint density at radius 2 is 1.96 bits per heavy atom. The molecule has 132 valence electrons. The number of rotatable bonds is 4. The minimum absolute atomic E-state index is 0.0346. The molecular formula is C16H14Cl2N2O4S. The van der Waals surface area contributed by atoms with Gasteiger partial charge in [0.2, 0.25) is 10.0 Å². The molecule has 1 heterocycles. The first-order chi connectivity index (χ1) is 11.8. The first-order valence-corrected chi connectivity index (χ1v) is 9.60. The van der Waals surface area contributed by atoms with Crippen LogP contribution in [0.3, 0.4) is 0 Å². The van der Waals surface area contributed by atoms with Gasteiger partial charge in [0.15, 0.2) is 6.61 Å². The number of anilines is 1. The molecule has 0 bridgehead atoms. The van der Waals surface area contributed by atoms with E-state index in [4.69, 9.17) is 33.1 Å². The van der Waals surface area contributed by atoms with Crippen molar-refractivity contribution in [2.45, 2.75) is 11.3 Å². The van der Waals surface area contributed by atoms with Gasteiger partial charge in [-0.2, -0.15) is 0 Å². The lowest BCUT2D eigenvalue weighted by molar-refractivity contribution is -0.120. The number of nitrogens with two attached hydrogens (primary N) is 1. The molecule has 1 aliphatic heterocycles. The van der Waals surface area contributed by atoms with E-state index in [0.717, 1.165) is 5.56 Å². The molecule has 1 aliphatic rings. The molecule has 2 aromatic rings. The van der Waals surface area contributed by atoms with Crippen molar-refractivity contribution >= 4 is 44.8 Å². The van der Waals surface area contributed by atoms with Gasteiger partial charge in [0, 0.05) is 17.3 Å². The minimum atomic E-state index is -3.84. The molecule has 0 saturated heterocycles. The van der Waals surface area contributed by atoms with E-state index in [1.165, 1.54) is 23.1 Å². The number of carbonyl (C=O) groups is 1. The number of primary sulfonamides is 1. The van der Waals surface area contributed by atoms with Crippen LogP contribution in [0.15, 0.2) is 41.3 Å². The zero-order valence-electron chi connectivity index (χ0n) is 12.9. The van der Waals surface area contributed by atoms with Crippen LogP contribution in [0.2, 0.25) is 10.0 Å². The van der Waals surface area contributed by atoms with Gasteiger partial charge in [0.25, 0.3) is 5.91 Å². The first-order valence-electron chi connectivity index (χ1n) is 7.29. The quantitative estimate of drug-likeness (QED) is 0.853. The van der Waals surface area contributed by atoms with E-state index in [1.54, 1.807) is 18.2 Å². The van der Waals surface area contributed by atoms with Crippen LogP contribution in [0.1, 0.15) is 5.56 Å². The molecule has 6 nitrogen and oxygen atoms in total. The second-order valence-corrected chi connectivity index (χ2v) is 7.90. The van der Waals surface area contributed by atoms with Crippen LogP contribution in [0.25, 0.3) is 0 Å². The van der Waals surface area contributed by atoms with Crippen LogP contribution in [0, 0.1) is 0 Å². The summed E-state index contributed by atoms with van der Waals surface area (Å²) in [6.45, 7) is 0.209. The zero-order valence-corrected chi connectivity index (χ0v) is 15.2. The summed E-state index contributed by atoms with van der Waals surface area (Å²) in [5.74, 6) is 0.0356. The van der Waals surface area contributed by atoms with E-state index in [9.17, 15) is 13.2 Å². The average Bonchev–Trinajstić information content (AvgIpc) is 2.96. The maximum absolute atomic E-state index is 12.5. The Morgan fingerprint density at radius 1 is 1.20 bits per heavy atom. The second kappa shape index (κ2) is 6.84. The smallest absolute Gasteiger partial charge is 0.264 e. The van der Waals surface area contributed by atoms with Gasteiger partial charge >= 0.3 is 0 Å². The summed E-state index contributed by atoms with van der Waals surface area (Å²) >= 11 is 11.8. The predicted molar refractivity (Wildman–Crippen MR) is 95.8 cm³/mol. The number of sulfonamides is 1. The van der Waals surface area contributed by atoms with E-state index in [1.807, 2.05) is 0 Å². The van der Waals surface area contributed by atoms with Crippen molar-refractivity contribution in [2.24, 2.45) is 5.14 Å². The third-order valence-corrected chi connectivity index (χ3v) is 5.27. The summed E-state index contributed by atoms with van der Waals surface area (Å²) in [4.78, 5) is 13.9. The highest BCUT2D eigenvalue weighted by Crippen LogP contribution is 2.31. The predicted octanol–water partition coefficient (Wildman–Crippen LogP) is 2.61. The molecule has 2 aromatic carbocycles. The molecule has 0 fully saturated rings. The van der Waals surface area contributed by atoms with Gasteiger partial charge in [0.05, 0.1) is 9.92 Å². The monoisotopic (exact) mass is 400 g/mol. The van der Waals surface area contributed by atoms with Crippen LogP contribution in [-0.2, 0) is 21.2 Å². The lowest BCUT2D eigenvalue weighted by Crippen LogP contribution is -2.33. The topological polar surface area (TPSA) is 89.7 Å². The molecule has 0 atom stereocenters. The number of amides is 1. The lowest BCUT2D eigenvalue weighted by Gasteiger charge is -2.18. The van der Waals surface area contributed by atoms with Crippen molar-refractivity contribution in [1.29, 1.82) is 0 Å². The number of fused-ring (bicyclic) bond motifs is 1. The number of benzene rings is 2. The maximum atomic E-state index is 12.5. The molecule has 9 heteroatoms. The van der Waals surface area contributed by atoms with Crippen molar-refractivity contribution in [2.75, 3.05) is 18.1 Å². The fourth-order valence-electron chi connectivity index (χ4n) is 2.60. The first kappa shape index (κ1) is 18.0. The van der Waals surface area contributed by atoms with Crippen molar-refractivity contribution in [3.63, 3.8) is 0 Å². The van der Waals surface area contributed by atoms with Crippen LogP contribution < -0.4 is 14.8 Å². The molecule has 3 rings (SSSR count). The van der Waals surface area contributed by atoms with E-state index in [2.05, 4.69) is 0 Å². The van der Waals surface area contributed by atoms with Crippen molar-refractivity contribution in [1.82, 2.24) is 0 Å². The van der Waals surface area contributed by atoms with Gasteiger partial charge in [-0.25, -0.2) is 13.6 Å². The number of ether oxygens (including phenoxy) is 1. The van der Waals surface area contributed by atoms with Crippen LogP contribution in [0.4, 0.5) is 5.69 Å². The Kier molecular flexibility index (Phi) is 4.92. The molecule has 1 amide bonds. The van der Waals surface area contributed by atoms with E-state index < -0.39 is 10.0 Å². The molecule has 0 spiro atoms. The molecule has 0 aliphatic carbocycles. The molecular weight excluding hydrogens is 387 g/mol. The van der Waals surface area contributed by atoms with Gasteiger partial charge in [0.1, 0.15) is 5.75 Å². The Balaban J connectivity index is 1.77. The Morgan fingerprint density at radius 3 is 2.64 bits per heavy atom. The highest BCUT2D eigenvalue weighted by atomic mass is 35.5. The van der Waals surface area contributed by atoms with Crippen molar-refractivity contribution in [3.05, 3.63) is 52.0 Å². The van der Waals surface area contributed by atoms with Crippen molar-refractivity contribution < 1.29 is 17.9 Å². The molecule has 0 aromatic heterocycles. The Labute approximate surface area is 155 Å². The number of carbonyl (C=O) groups excluding carboxylic acids is 1. The summed E-state index contributed by atoms with van der Waals surface area (Å²) in [6.07, 6.45) is 0.633. The number of hydrogen-bond acceptors (Lipinski definition) is 4. The normalized spacial score (nSPS) is 13.6. The van der Waals surface area contributed by atoms with Gasteiger partial charge in [-0.3, -0.25) is 4.79 Å². The van der Waals surface area contributed by atoms with E-state index in [0.29, 0.717) is 34.4 Å². The van der Waals surface area contributed by atoms with Crippen molar-refractivity contribution in [3.8, 4) is 5.75 Å². The lowest BCUT2D eigenvalue weighted by atomic mass is 10.2. The van der Waals surface area contributed by atoms with Gasteiger partial charge in [-0.1, -0.05) is 29.3 Å². The van der Waals surface area contributed by atoms with E-state index >= 15 is 0 Å². The zero-order chi connectivity index (χ0) is 18.2. The highest BCUT2D eigenvalue weighted by molar-refractivity contribution is 7.89. The number of halogens is 2. The van der Waals surface area contributed by atoms with E-state index in [-0.39, 0.29) is 17.4 Å². The second-order valence-electron chi connectivity index (χ2n) is 5.49. The van der Waals surface area contributed by atoms with Crippen LogP contribution in [-0.4, -0.2) is 27.5 Å². The van der Waals surface area contributed by atoms with Crippen LogP contribution in [0.5, 0.6) is 5.75 Å². The summed E-state index contributed by atoms with van der Waals surface area (Å²) < 4.78 is 28.5. The highest BCUT2D eigenvalue weighted by Gasteiger charge is 2.26. The molecule has 25 heavy (non-hydrogen) atoms. The summed E-state index contributed by atoms with van der Waals surface area (Å²) in [6, 6.07) is 9.22. The summed E-state index contributed by atoms with van der Waals surface area (Å²) in [7, 11) is -3.84. The number of nitrogens with zero attached hydrogens (tertiary/aromatic N) is 1. The molecule has 2 N–H and O–H groups in total. The summed E-state index contributed by atoms with van der Waals surface area (Å²) in [5.41, 5.74) is 1.41.